The van der Waals surface area contributed by atoms with Crippen LogP contribution in [-0.2, 0) is 0 Å². The summed E-state index contributed by atoms with van der Waals surface area (Å²) >= 11 is 5.33. The number of halogens is 2. The Labute approximate surface area is 73.9 Å². The van der Waals surface area contributed by atoms with Crippen molar-refractivity contribution in [1.29, 1.82) is 0 Å². The first kappa shape index (κ1) is 7.27. The Bertz CT molecular complexity index is 270. The maximum absolute atomic E-state index is 10.6. The molecule has 48 valence electrons. The summed E-state index contributed by atoms with van der Waals surface area (Å²) < 4.78 is 1.85. The Hall–Kier alpha value is 0.160. The lowest BCUT2D eigenvalue weighted by Gasteiger charge is -1.89. The zero-order valence-corrected chi connectivity index (χ0v) is 8.06. The highest BCUT2D eigenvalue weighted by atomic mass is 127. The molecule has 0 unspecified atom stereocenters. The minimum absolute atomic E-state index is 0.0670. The molecule has 1 aromatic rings. The van der Waals surface area contributed by atoms with Crippen molar-refractivity contribution in [3.05, 3.63) is 30.7 Å². The summed E-state index contributed by atoms with van der Waals surface area (Å²) in [5, 5.41) is 0. The summed E-state index contributed by atoms with van der Waals surface area (Å²) in [4.78, 5) is 13.1. The van der Waals surface area contributed by atoms with Gasteiger partial charge in [-0.3, -0.25) is 4.79 Å². The fourth-order valence-electron chi connectivity index (χ4n) is 0.429. The van der Waals surface area contributed by atoms with Crippen LogP contribution in [0.25, 0.3) is 0 Å². The van der Waals surface area contributed by atoms with Crippen molar-refractivity contribution in [3.63, 3.8) is 0 Å². The highest BCUT2D eigenvalue weighted by Crippen LogP contribution is 2.13. The molecule has 4 heteroatoms. The summed E-state index contributed by atoms with van der Waals surface area (Å²) in [5.74, 6) is 0. The molecule has 2 nitrogen and oxygen atoms in total. The van der Waals surface area contributed by atoms with Gasteiger partial charge in [-0.1, -0.05) is 0 Å². The average molecular weight is 300 g/mol. The first-order valence-electron chi connectivity index (χ1n) is 2.24. The summed E-state index contributed by atoms with van der Waals surface area (Å²) in [6.45, 7) is 0. The van der Waals surface area contributed by atoms with E-state index >= 15 is 0 Å². The molecule has 0 amide bonds. The van der Waals surface area contributed by atoms with E-state index in [-0.39, 0.29) is 5.56 Å². The van der Waals surface area contributed by atoms with Crippen molar-refractivity contribution >= 4 is 38.5 Å². The molecule has 0 aromatic carbocycles. The van der Waals surface area contributed by atoms with Crippen molar-refractivity contribution < 1.29 is 0 Å². The van der Waals surface area contributed by atoms with Crippen molar-refractivity contribution in [3.8, 4) is 0 Å². The van der Waals surface area contributed by atoms with Gasteiger partial charge in [-0.15, -0.1) is 0 Å². The van der Waals surface area contributed by atoms with Crippen molar-refractivity contribution in [2.24, 2.45) is 0 Å². The van der Waals surface area contributed by atoms with Crippen molar-refractivity contribution in [2.75, 3.05) is 0 Å². The van der Waals surface area contributed by atoms with E-state index in [0.717, 1.165) is 8.04 Å². The Morgan fingerprint density at radius 3 is 2.78 bits per heavy atom. The fraction of sp³-hybridized carbons (Fsp3) is 0. The largest absolute Gasteiger partial charge is 0.328 e. The monoisotopic (exact) mass is 299 g/mol. The predicted molar refractivity (Wildman–Crippen MR) is 47.5 cm³/mol. The molecule has 1 rings (SSSR count). The van der Waals surface area contributed by atoms with Crippen LogP contribution in [0.15, 0.2) is 21.5 Å². The summed E-state index contributed by atoms with van der Waals surface area (Å²) in [5.41, 5.74) is -0.0670. The molecule has 0 aliphatic heterocycles. The minimum atomic E-state index is -0.0670. The van der Waals surface area contributed by atoms with E-state index in [0.29, 0.717) is 0 Å². The van der Waals surface area contributed by atoms with Gasteiger partial charge in [0.1, 0.15) is 0 Å². The first-order valence-corrected chi connectivity index (χ1v) is 4.11. The van der Waals surface area contributed by atoms with Gasteiger partial charge in [0.05, 0.1) is 0 Å². The van der Waals surface area contributed by atoms with E-state index in [1.807, 2.05) is 0 Å². The van der Waals surface area contributed by atoms with Crippen LogP contribution in [0.4, 0.5) is 0 Å². The lowest BCUT2D eigenvalue weighted by molar-refractivity contribution is 1.21. The van der Waals surface area contributed by atoms with Gasteiger partial charge in [0, 0.05) is 20.3 Å². The Balaban J connectivity index is 3.34. The molecule has 0 fully saturated rings. The summed E-state index contributed by atoms with van der Waals surface area (Å²) in [7, 11) is 0. The molecule has 0 saturated heterocycles. The maximum Gasteiger partial charge on any atom is 0.249 e. The van der Waals surface area contributed by atoms with E-state index in [1.54, 1.807) is 6.20 Å². The van der Waals surface area contributed by atoms with Gasteiger partial charge in [-0.05, 0) is 38.5 Å². The molecule has 1 aromatic heterocycles. The molecule has 9 heavy (non-hydrogen) atoms. The summed E-state index contributed by atoms with van der Waals surface area (Å²) in [6, 6.07) is 1.53. The topological polar surface area (TPSA) is 32.9 Å². The normalized spacial score (nSPS) is 9.56. The van der Waals surface area contributed by atoms with Crippen LogP contribution in [-0.4, -0.2) is 4.98 Å². The van der Waals surface area contributed by atoms with Crippen LogP contribution in [0.3, 0.4) is 0 Å². The number of hydrogen-bond donors (Lipinski definition) is 1. The van der Waals surface area contributed by atoms with Gasteiger partial charge in [-0.25, -0.2) is 0 Å². The lowest BCUT2D eigenvalue weighted by atomic mass is 10.5. The van der Waals surface area contributed by atoms with Gasteiger partial charge < -0.3 is 4.98 Å². The zero-order chi connectivity index (χ0) is 6.85. The molecule has 0 saturated carbocycles. The van der Waals surface area contributed by atoms with Crippen LogP contribution >= 0.6 is 38.5 Å². The molecule has 0 spiro atoms. The Morgan fingerprint density at radius 2 is 2.33 bits per heavy atom. The highest BCUT2D eigenvalue weighted by molar-refractivity contribution is 14.1. The summed E-state index contributed by atoms with van der Waals surface area (Å²) in [6.07, 6.45) is 1.63. The molecule has 1 N–H and O–H groups in total. The quantitative estimate of drug-likeness (QED) is 0.727. The molecule has 0 atom stereocenters. The second-order valence-corrected chi connectivity index (χ2v) is 3.51. The van der Waals surface area contributed by atoms with Crippen LogP contribution < -0.4 is 5.56 Å². The predicted octanol–water partition coefficient (Wildman–Crippen LogP) is 1.74. The number of nitrogens with one attached hydrogen (secondary N) is 1. The van der Waals surface area contributed by atoms with E-state index < -0.39 is 0 Å². The van der Waals surface area contributed by atoms with E-state index in [2.05, 4.69) is 43.5 Å². The van der Waals surface area contributed by atoms with E-state index in [4.69, 9.17) is 0 Å². The Kier molecular flexibility index (Phi) is 2.29. The second-order valence-electron chi connectivity index (χ2n) is 1.49. The third-order valence-corrected chi connectivity index (χ3v) is 3.12. The average Bonchev–Trinajstić information content (AvgIpc) is 1.80. The zero-order valence-electron chi connectivity index (χ0n) is 4.32. The third-order valence-electron chi connectivity index (χ3n) is 0.827. The van der Waals surface area contributed by atoms with Crippen LogP contribution in [0.1, 0.15) is 0 Å². The molecular formula is C5H3BrINO. The molecule has 1 heterocycles. The van der Waals surface area contributed by atoms with Crippen molar-refractivity contribution in [2.45, 2.75) is 0 Å². The number of hydrogen-bond acceptors (Lipinski definition) is 1. The molecular weight excluding hydrogens is 297 g/mol. The molecule has 0 aliphatic carbocycles. The number of pyridine rings is 1. The molecule has 0 aliphatic rings. The Morgan fingerprint density at radius 1 is 1.67 bits per heavy atom. The van der Waals surface area contributed by atoms with Gasteiger partial charge in [0.15, 0.2) is 0 Å². The van der Waals surface area contributed by atoms with Crippen LogP contribution in [0.5, 0.6) is 0 Å². The van der Waals surface area contributed by atoms with Crippen molar-refractivity contribution in [1.82, 2.24) is 4.98 Å². The minimum Gasteiger partial charge on any atom is -0.328 e. The van der Waals surface area contributed by atoms with Gasteiger partial charge >= 0.3 is 0 Å². The van der Waals surface area contributed by atoms with Crippen LogP contribution in [0, 0.1) is 3.57 Å². The smallest absolute Gasteiger partial charge is 0.249 e. The number of H-pyrrole nitrogens is 1. The fourth-order valence-corrected chi connectivity index (χ4v) is 1.10. The molecule has 0 radical (unpaired) electrons. The molecule has 0 bridgehead atoms. The van der Waals surface area contributed by atoms with E-state index in [1.165, 1.54) is 6.07 Å². The maximum atomic E-state index is 10.6. The first-order chi connectivity index (χ1) is 4.20. The highest BCUT2D eigenvalue weighted by Gasteiger charge is 1.92. The van der Waals surface area contributed by atoms with Gasteiger partial charge in [0.2, 0.25) is 5.56 Å². The third kappa shape index (κ3) is 1.79. The number of rotatable bonds is 0. The van der Waals surface area contributed by atoms with Gasteiger partial charge in [-0.2, -0.15) is 0 Å². The number of aromatic nitrogens is 1. The second kappa shape index (κ2) is 2.83. The SMILES string of the molecule is O=c1cc(I)c(Br)c[nH]1. The van der Waals surface area contributed by atoms with E-state index in [9.17, 15) is 4.79 Å². The lowest BCUT2D eigenvalue weighted by Crippen LogP contribution is -2.02. The van der Waals surface area contributed by atoms with Crippen LogP contribution in [0.2, 0.25) is 0 Å². The number of aromatic amines is 1. The standard InChI is InChI=1S/C5H3BrINO/c6-3-2-8-5(9)1-4(3)7/h1-2H,(H,8,9). The van der Waals surface area contributed by atoms with Gasteiger partial charge in [0.25, 0.3) is 0 Å².